The fraction of sp³-hybridized carbons (Fsp3) is 0.366. The molecule has 0 aliphatic carbocycles. The molecule has 3 amide bonds. The first kappa shape index (κ1) is 34.4. The number of rotatable bonds is 5. The van der Waals surface area contributed by atoms with Crippen LogP contribution in [0.2, 0.25) is 0 Å². The Kier molecular flexibility index (Phi) is 9.39. The predicted molar refractivity (Wildman–Crippen MR) is 190 cm³/mol. The summed E-state index contributed by atoms with van der Waals surface area (Å²) in [6, 6.07) is 21.4. The van der Waals surface area contributed by atoms with Crippen LogP contribution in [0, 0.1) is 25.7 Å². The number of nitrogens with one attached hydrogen (secondary N) is 1. The number of nitrogens with zero attached hydrogens (tertiary/aromatic N) is 2. The summed E-state index contributed by atoms with van der Waals surface area (Å²) < 4.78 is 12.9. The maximum absolute atomic E-state index is 15.4. The molecule has 2 fully saturated rings. The summed E-state index contributed by atoms with van der Waals surface area (Å²) in [6.07, 6.45) is 6.18. The van der Waals surface area contributed by atoms with Crippen molar-refractivity contribution in [3.8, 4) is 0 Å². The van der Waals surface area contributed by atoms with Gasteiger partial charge in [-0.1, -0.05) is 103 Å². The highest BCUT2D eigenvalue weighted by atomic mass is 16.6. The molecule has 1 spiro atoms. The topological polar surface area (TPSA) is 125 Å². The number of allylic oxidation sites excluding steroid dienone is 1. The van der Waals surface area contributed by atoms with Crippen LogP contribution < -0.4 is 10.2 Å². The molecule has 4 heterocycles. The summed E-state index contributed by atoms with van der Waals surface area (Å²) in [4.78, 5) is 61.0. The summed E-state index contributed by atoms with van der Waals surface area (Å²) in [6.45, 7) is 5.35. The molecule has 3 aromatic rings. The normalized spacial score (nSPS) is 30.6. The number of carbonyl (C=O) groups excluding carboxylic acids is 4. The molecule has 5 bridgehead atoms. The Balaban J connectivity index is 1.39. The molecule has 51 heavy (non-hydrogen) atoms. The number of benzene rings is 3. The van der Waals surface area contributed by atoms with Crippen molar-refractivity contribution in [1.82, 2.24) is 10.2 Å². The molecular formula is C41H43N3O7. The maximum Gasteiger partial charge on any atom is 0.313 e. The van der Waals surface area contributed by atoms with E-state index in [9.17, 15) is 19.5 Å². The lowest BCUT2D eigenvalue weighted by molar-refractivity contribution is -0.161. The van der Waals surface area contributed by atoms with Gasteiger partial charge in [0.05, 0.1) is 30.7 Å². The van der Waals surface area contributed by atoms with Crippen molar-refractivity contribution in [2.45, 2.75) is 69.5 Å². The van der Waals surface area contributed by atoms with Gasteiger partial charge in [-0.15, -0.1) is 0 Å². The van der Waals surface area contributed by atoms with Crippen molar-refractivity contribution in [3.05, 3.63) is 125 Å². The second-order valence-corrected chi connectivity index (χ2v) is 13.9. The van der Waals surface area contributed by atoms with Crippen LogP contribution in [-0.2, 0) is 28.7 Å². The van der Waals surface area contributed by atoms with E-state index in [1.54, 1.807) is 24.0 Å². The third-order valence-electron chi connectivity index (χ3n) is 10.7. The quantitative estimate of drug-likeness (QED) is 0.295. The molecule has 0 saturated carbocycles. The lowest BCUT2D eigenvalue weighted by Crippen LogP contribution is -2.57. The number of aliphatic hydroxyl groups is 1. The number of esters is 1. The van der Waals surface area contributed by atoms with Gasteiger partial charge in [0.2, 0.25) is 11.8 Å². The first-order valence-electron chi connectivity index (χ1n) is 17.6. The summed E-state index contributed by atoms with van der Waals surface area (Å²) >= 11 is 0. The van der Waals surface area contributed by atoms with Crippen LogP contribution in [-0.4, -0.2) is 70.6 Å². The minimum Gasteiger partial charge on any atom is -0.455 e. The smallest absolute Gasteiger partial charge is 0.313 e. The van der Waals surface area contributed by atoms with E-state index in [1.165, 1.54) is 4.90 Å². The van der Waals surface area contributed by atoms with Gasteiger partial charge in [-0.2, -0.15) is 0 Å². The molecule has 2 N–H and O–H groups in total. The third kappa shape index (κ3) is 5.96. The van der Waals surface area contributed by atoms with Gasteiger partial charge in [0.15, 0.2) is 0 Å². The monoisotopic (exact) mass is 689 g/mol. The number of ether oxygens (including phenoxy) is 2. The van der Waals surface area contributed by atoms with E-state index in [-0.39, 0.29) is 18.9 Å². The fourth-order valence-electron chi connectivity index (χ4n) is 8.41. The summed E-state index contributed by atoms with van der Waals surface area (Å²) in [7, 11) is 0. The molecule has 3 aromatic carbocycles. The Bertz CT molecular complexity index is 1860. The Labute approximate surface area is 297 Å². The van der Waals surface area contributed by atoms with Gasteiger partial charge < -0.3 is 29.7 Å². The number of fused-ring (bicyclic) bond motifs is 2. The van der Waals surface area contributed by atoms with Crippen molar-refractivity contribution < 1.29 is 33.8 Å². The first-order valence-corrected chi connectivity index (χ1v) is 17.6. The summed E-state index contributed by atoms with van der Waals surface area (Å²) in [5, 5.41) is 13.9. The van der Waals surface area contributed by atoms with Crippen LogP contribution in [0.4, 0.5) is 5.69 Å². The highest BCUT2D eigenvalue weighted by Gasteiger charge is 2.74. The zero-order chi connectivity index (χ0) is 35.9. The Morgan fingerprint density at radius 2 is 1.59 bits per heavy atom. The van der Waals surface area contributed by atoms with E-state index in [1.807, 2.05) is 105 Å². The highest BCUT2D eigenvalue weighted by molar-refractivity contribution is 6.06. The van der Waals surface area contributed by atoms with Crippen LogP contribution in [0.5, 0.6) is 0 Å². The van der Waals surface area contributed by atoms with Gasteiger partial charge >= 0.3 is 5.97 Å². The summed E-state index contributed by atoms with van der Waals surface area (Å²) in [5.74, 6) is -3.91. The number of carbonyl (C=O) groups is 4. The molecule has 7 rings (SSSR count). The van der Waals surface area contributed by atoms with Gasteiger partial charge in [0, 0.05) is 18.7 Å². The molecule has 4 aliphatic rings. The zero-order valence-corrected chi connectivity index (χ0v) is 29.0. The van der Waals surface area contributed by atoms with Gasteiger partial charge in [-0.3, -0.25) is 19.2 Å². The molecule has 264 valence electrons. The van der Waals surface area contributed by atoms with E-state index in [2.05, 4.69) is 5.32 Å². The third-order valence-corrected chi connectivity index (χ3v) is 10.7. The zero-order valence-electron chi connectivity index (χ0n) is 29.0. The van der Waals surface area contributed by atoms with Gasteiger partial charge in [0.1, 0.15) is 23.7 Å². The molecule has 0 aromatic heterocycles. The molecule has 10 heteroatoms. The average molecular weight is 690 g/mol. The number of aliphatic hydroxyl groups excluding tert-OH is 1. The predicted octanol–water partition coefficient (Wildman–Crippen LogP) is 4.66. The van der Waals surface area contributed by atoms with Crippen LogP contribution in [0.15, 0.2) is 103 Å². The minimum absolute atomic E-state index is 0.158. The standard InChI is InChI=1S/C41H43N3O7/c1-25-14-13-15-26(2)35(25)43-23-12-6-11-20-32(46)42-27(3)36(29-18-9-5-10-19-29)50-40(49)33-31-21-22-41(51-31)34(33)38(47)44(37(41)39(43)48)30(24-45)28-16-7-4-8-17-28/h4-10,12-19,21-22,27,30-31,33-34,36-37,45H,11,20,23-24H2,1-3H3,(H,42,46)/b12-6-/t27-,30+,31+,33-,34-,36+,37+,41-/m0/s1. The van der Waals surface area contributed by atoms with Crippen molar-refractivity contribution in [2.75, 3.05) is 18.1 Å². The number of cyclic esters (lactones) is 1. The Morgan fingerprint density at radius 3 is 2.27 bits per heavy atom. The van der Waals surface area contributed by atoms with E-state index in [4.69, 9.17) is 9.47 Å². The Hall–Kier alpha value is -5.06. The van der Waals surface area contributed by atoms with Crippen LogP contribution in [0.1, 0.15) is 54.2 Å². The number of para-hydroxylation sites is 1. The van der Waals surface area contributed by atoms with E-state index < -0.39 is 72.2 Å². The summed E-state index contributed by atoms with van der Waals surface area (Å²) in [5.41, 5.74) is 2.26. The Morgan fingerprint density at radius 1 is 0.902 bits per heavy atom. The number of aryl methyl sites for hydroxylation is 2. The maximum atomic E-state index is 15.4. The highest BCUT2D eigenvalue weighted by Crippen LogP contribution is 2.57. The van der Waals surface area contributed by atoms with Gasteiger partial charge in [-0.05, 0) is 49.4 Å². The molecule has 0 unspecified atom stereocenters. The number of anilines is 1. The van der Waals surface area contributed by atoms with Gasteiger partial charge in [-0.25, -0.2) is 0 Å². The number of likely N-dealkylation sites (tertiary alicyclic amines) is 1. The number of amides is 3. The fourth-order valence-corrected chi connectivity index (χ4v) is 8.41. The SMILES string of the molecule is Cc1cccc(C)c1N1C/C=C\CCC(=O)N[C@@H](C)[C@H](c2ccccc2)OC(=O)[C@@H]2[C@H]3C(=O)N([C@H](CO)c4ccccc4)[C@H](C1=O)[C@]31C=C[C@H]2O1. The second-order valence-electron chi connectivity index (χ2n) is 13.9. The van der Waals surface area contributed by atoms with Crippen LogP contribution in [0.25, 0.3) is 0 Å². The van der Waals surface area contributed by atoms with Crippen molar-refractivity contribution in [1.29, 1.82) is 0 Å². The minimum atomic E-state index is -1.50. The first-order chi connectivity index (χ1) is 24.7. The van der Waals surface area contributed by atoms with Crippen molar-refractivity contribution >= 4 is 29.4 Å². The van der Waals surface area contributed by atoms with Crippen molar-refractivity contribution in [2.24, 2.45) is 11.8 Å². The average Bonchev–Trinajstić information content (AvgIpc) is 3.77. The van der Waals surface area contributed by atoms with Crippen molar-refractivity contribution in [3.63, 3.8) is 0 Å². The van der Waals surface area contributed by atoms with Crippen LogP contribution in [0.3, 0.4) is 0 Å². The van der Waals surface area contributed by atoms with E-state index >= 15 is 4.79 Å². The lowest BCUT2D eigenvalue weighted by atomic mass is 9.74. The number of hydrogen-bond acceptors (Lipinski definition) is 7. The van der Waals surface area contributed by atoms with Gasteiger partial charge in [0.25, 0.3) is 5.91 Å². The number of hydrogen-bond donors (Lipinski definition) is 2. The molecule has 2 saturated heterocycles. The van der Waals surface area contributed by atoms with Crippen LogP contribution >= 0.6 is 0 Å². The molecular weight excluding hydrogens is 646 g/mol. The van der Waals surface area contributed by atoms with E-state index in [0.29, 0.717) is 23.2 Å². The molecule has 8 atom stereocenters. The largest absolute Gasteiger partial charge is 0.455 e. The molecule has 4 aliphatic heterocycles. The lowest BCUT2D eigenvalue weighted by Gasteiger charge is -2.39. The van der Waals surface area contributed by atoms with E-state index in [0.717, 1.165) is 11.1 Å². The molecule has 10 nitrogen and oxygen atoms in total. The molecule has 0 radical (unpaired) electrons. The second kappa shape index (κ2) is 13.9.